The molecule has 1 fully saturated rings. The van der Waals surface area contributed by atoms with Gasteiger partial charge in [0.15, 0.2) is 6.10 Å². The molecule has 0 N–H and O–H groups in total. The fourth-order valence-corrected chi connectivity index (χ4v) is 3.58. The second-order valence-electron chi connectivity index (χ2n) is 7.37. The van der Waals surface area contributed by atoms with E-state index in [9.17, 15) is 9.59 Å². The summed E-state index contributed by atoms with van der Waals surface area (Å²) in [5, 5.41) is 0. The van der Waals surface area contributed by atoms with Crippen LogP contribution in [0.3, 0.4) is 0 Å². The van der Waals surface area contributed by atoms with Crippen LogP contribution >= 0.6 is 0 Å². The lowest BCUT2D eigenvalue weighted by Gasteiger charge is -2.36. The molecule has 3 atom stereocenters. The summed E-state index contributed by atoms with van der Waals surface area (Å²) in [5.74, 6) is -0.655. The molecule has 5 heteroatoms. The zero-order chi connectivity index (χ0) is 20.1. The Balaban J connectivity index is 1.68. The average Bonchev–Trinajstić information content (AvgIpc) is 2.67. The Morgan fingerprint density at radius 2 is 1.64 bits per heavy atom. The molecule has 0 saturated carbocycles. The van der Waals surface area contributed by atoms with E-state index in [-0.39, 0.29) is 18.1 Å². The van der Waals surface area contributed by atoms with Crippen LogP contribution in [0.5, 0.6) is 0 Å². The van der Waals surface area contributed by atoms with E-state index in [1.165, 1.54) is 0 Å². The monoisotopic (exact) mass is 381 g/mol. The first-order valence-electron chi connectivity index (χ1n) is 9.71. The zero-order valence-corrected chi connectivity index (χ0v) is 16.6. The lowest BCUT2D eigenvalue weighted by atomic mass is 10.00. The summed E-state index contributed by atoms with van der Waals surface area (Å²) >= 11 is 0. The van der Waals surface area contributed by atoms with Crippen molar-refractivity contribution in [3.8, 4) is 0 Å². The summed E-state index contributed by atoms with van der Waals surface area (Å²) in [5.41, 5.74) is 2.49. The van der Waals surface area contributed by atoms with Gasteiger partial charge in [-0.15, -0.1) is 0 Å². The molecule has 28 heavy (non-hydrogen) atoms. The van der Waals surface area contributed by atoms with Gasteiger partial charge in [0.05, 0.1) is 17.8 Å². The molecule has 2 aromatic rings. The first-order chi connectivity index (χ1) is 13.4. The number of carbonyl (C=O) groups excluding carboxylic acids is 2. The van der Waals surface area contributed by atoms with E-state index in [1.54, 1.807) is 17.9 Å². The maximum absolute atomic E-state index is 12.8. The van der Waals surface area contributed by atoms with Gasteiger partial charge >= 0.3 is 5.97 Å². The number of hydrogen-bond acceptors (Lipinski definition) is 4. The highest BCUT2D eigenvalue weighted by atomic mass is 16.5. The van der Waals surface area contributed by atoms with Gasteiger partial charge in [-0.2, -0.15) is 0 Å². The van der Waals surface area contributed by atoms with Crippen LogP contribution in [-0.2, 0) is 20.7 Å². The Hall–Kier alpha value is -2.66. The predicted octanol–water partition coefficient (Wildman–Crippen LogP) is 3.46. The van der Waals surface area contributed by atoms with Gasteiger partial charge in [-0.05, 0) is 44.4 Å². The second kappa shape index (κ2) is 9.02. The highest BCUT2D eigenvalue weighted by Gasteiger charge is 2.30. The first-order valence-corrected chi connectivity index (χ1v) is 9.71. The fraction of sp³-hybridized carbons (Fsp3) is 0.391. The quantitative estimate of drug-likeness (QED) is 0.745. The van der Waals surface area contributed by atoms with Crippen molar-refractivity contribution in [2.45, 2.75) is 45.5 Å². The Morgan fingerprint density at radius 3 is 2.32 bits per heavy atom. The van der Waals surface area contributed by atoms with E-state index in [4.69, 9.17) is 9.47 Å². The maximum atomic E-state index is 12.8. The average molecular weight is 381 g/mol. The zero-order valence-electron chi connectivity index (χ0n) is 16.6. The van der Waals surface area contributed by atoms with Crippen LogP contribution in [0.25, 0.3) is 0 Å². The largest absolute Gasteiger partial charge is 0.449 e. The number of amides is 1. The number of ether oxygens (including phenoxy) is 2. The molecule has 0 radical (unpaired) electrons. The number of hydrogen-bond donors (Lipinski definition) is 0. The minimum absolute atomic E-state index is 0.0257. The molecule has 0 bridgehead atoms. The highest BCUT2D eigenvalue weighted by molar-refractivity contribution is 5.93. The first kappa shape index (κ1) is 20.1. The highest BCUT2D eigenvalue weighted by Crippen LogP contribution is 2.18. The summed E-state index contributed by atoms with van der Waals surface area (Å²) in [7, 11) is 0. The molecular formula is C23H27NO4. The van der Waals surface area contributed by atoms with Gasteiger partial charge in [0, 0.05) is 13.1 Å². The Kier molecular flexibility index (Phi) is 6.47. The molecule has 0 spiro atoms. The minimum Gasteiger partial charge on any atom is -0.449 e. The van der Waals surface area contributed by atoms with Crippen LogP contribution in [0, 0.1) is 0 Å². The lowest BCUT2D eigenvalue weighted by Crippen LogP contribution is -2.51. The molecule has 1 amide bonds. The van der Waals surface area contributed by atoms with Gasteiger partial charge in [-0.1, -0.05) is 48.5 Å². The second-order valence-corrected chi connectivity index (χ2v) is 7.37. The van der Waals surface area contributed by atoms with E-state index in [0.29, 0.717) is 25.1 Å². The van der Waals surface area contributed by atoms with Crippen molar-refractivity contribution in [1.82, 2.24) is 4.90 Å². The standard InChI is InChI=1S/C23H27NO4/c1-16-14-24(15-17(2)27-16)22(25)18(3)28-23(26)21-12-8-7-11-20(21)13-19-9-5-4-6-10-19/h4-12,16-18H,13-15H2,1-3H3. The van der Waals surface area contributed by atoms with Crippen LogP contribution in [0.4, 0.5) is 0 Å². The Bertz CT molecular complexity index is 810. The number of rotatable bonds is 5. The molecule has 0 aliphatic carbocycles. The maximum Gasteiger partial charge on any atom is 0.339 e. The molecular weight excluding hydrogens is 354 g/mol. The minimum atomic E-state index is -0.838. The Morgan fingerprint density at radius 1 is 1.04 bits per heavy atom. The molecule has 2 aromatic carbocycles. The van der Waals surface area contributed by atoms with Crippen LogP contribution in [0.2, 0.25) is 0 Å². The molecule has 1 saturated heterocycles. The van der Waals surface area contributed by atoms with Gasteiger partial charge in [0.25, 0.3) is 5.91 Å². The summed E-state index contributed by atoms with van der Waals surface area (Å²) < 4.78 is 11.2. The third kappa shape index (κ3) is 4.98. The summed E-state index contributed by atoms with van der Waals surface area (Å²) in [6, 6.07) is 17.3. The molecule has 5 nitrogen and oxygen atoms in total. The van der Waals surface area contributed by atoms with Crippen LogP contribution in [0.1, 0.15) is 42.3 Å². The van der Waals surface area contributed by atoms with E-state index >= 15 is 0 Å². The molecule has 1 aliphatic heterocycles. The van der Waals surface area contributed by atoms with E-state index in [1.807, 2.05) is 62.4 Å². The third-order valence-electron chi connectivity index (χ3n) is 4.84. The number of morpholine rings is 1. The van der Waals surface area contributed by atoms with Crippen molar-refractivity contribution >= 4 is 11.9 Å². The van der Waals surface area contributed by atoms with Crippen molar-refractivity contribution in [2.75, 3.05) is 13.1 Å². The van der Waals surface area contributed by atoms with Gasteiger partial charge in [0.2, 0.25) is 0 Å². The van der Waals surface area contributed by atoms with Gasteiger partial charge < -0.3 is 14.4 Å². The van der Waals surface area contributed by atoms with E-state index in [0.717, 1.165) is 11.1 Å². The normalized spacial score (nSPS) is 20.5. The summed E-state index contributed by atoms with van der Waals surface area (Å²) in [6.45, 7) is 6.52. The molecule has 1 heterocycles. The number of esters is 1. The SMILES string of the molecule is CC1CN(C(=O)C(C)OC(=O)c2ccccc2Cc2ccccc2)CC(C)O1. The van der Waals surface area contributed by atoms with Gasteiger partial charge in [-0.25, -0.2) is 4.79 Å². The molecule has 0 aromatic heterocycles. The van der Waals surface area contributed by atoms with E-state index < -0.39 is 12.1 Å². The Labute approximate surface area is 166 Å². The van der Waals surface area contributed by atoms with Crippen molar-refractivity contribution < 1.29 is 19.1 Å². The third-order valence-corrected chi connectivity index (χ3v) is 4.84. The molecule has 148 valence electrons. The summed E-state index contributed by atoms with van der Waals surface area (Å²) in [4.78, 5) is 27.2. The lowest BCUT2D eigenvalue weighted by molar-refractivity contribution is -0.151. The number of nitrogens with zero attached hydrogens (tertiary/aromatic N) is 1. The smallest absolute Gasteiger partial charge is 0.339 e. The van der Waals surface area contributed by atoms with E-state index in [2.05, 4.69) is 0 Å². The van der Waals surface area contributed by atoms with Gasteiger partial charge in [0.1, 0.15) is 0 Å². The predicted molar refractivity (Wildman–Crippen MR) is 107 cm³/mol. The number of carbonyl (C=O) groups is 2. The van der Waals surface area contributed by atoms with Crippen LogP contribution in [0.15, 0.2) is 54.6 Å². The molecule has 3 unspecified atom stereocenters. The summed E-state index contributed by atoms with van der Waals surface area (Å²) in [6.07, 6.45) is -0.258. The van der Waals surface area contributed by atoms with Crippen LogP contribution < -0.4 is 0 Å². The van der Waals surface area contributed by atoms with Crippen molar-refractivity contribution in [3.05, 3.63) is 71.3 Å². The van der Waals surface area contributed by atoms with Crippen molar-refractivity contribution in [1.29, 1.82) is 0 Å². The van der Waals surface area contributed by atoms with Crippen LogP contribution in [-0.4, -0.2) is 48.2 Å². The fourth-order valence-electron chi connectivity index (χ4n) is 3.58. The molecule has 3 rings (SSSR count). The molecule has 1 aliphatic rings. The van der Waals surface area contributed by atoms with Crippen molar-refractivity contribution in [2.24, 2.45) is 0 Å². The van der Waals surface area contributed by atoms with Crippen molar-refractivity contribution in [3.63, 3.8) is 0 Å². The van der Waals surface area contributed by atoms with Gasteiger partial charge in [-0.3, -0.25) is 4.79 Å². The topological polar surface area (TPSA) is 55.8 Å². The number of benzene rings is 2.